The number of imidazole rings is 1. The normalized spacial score (nSPS) is 30.4. The molecule has 6 nitrogen and oxygen atoms in total. The number of aromatic nitrogens is 2. The number of para-hydroxylation sites is 2. The number of carboxylic acids is 1. The van der Waals surface area contributed by atoms with E-state index in [4.69, 9.17) is 4.98 Å². The van der Waals surface area contributed by atoms with Gasteiger partial charge in [0.1, 0.15) is 5.82 Å². The summed E-state index contributed by atoms with van der Waals surface area (Å²) in [5.74, 6) is 1.18. The van der Waals surface area contributed by atoms with Crippen LogP contribution in [0.15, 0.2) is 24.3 Å². The lowest BCUT2D eigenvalue weighted by Gasteiger charge is -2.50. The molecule has 6 heteroatoms. The van der Waals surface area contributed by atoms with Crippen LogP contribution in [0.2, 0.25) is 0 Å². The van der Waals surface area contributed by atoms with Crippen LogP contribution in [0.3, 0.4) is 0 Å². The molecule has 7 rings (SSSR count). The minimum atomic E-state index is -0.702. The highest BCUT2D eigenvalue weighted by molar-refractivity contribution is 5.76. The molecule has 1 aromatic carbocycles. The van der Waals surface area contributed by atoms with Gasteiger partial charge in [-0.15, -0.1) is 0 Å². The van der Waals surface area contributed by atoms with Gasteiger partial charge in [-0.1, -0.05) is 69.9 Å². The van der Waals surface area contributed by atoms with Crippen molar-refractivity contribution < 1.29 is 9.90 Å². The lowest BCUT2D eigenvalue weighted by molar-refractivity contribution is -0.137. The van der Waals surface area contributed by atoms with Crippen LogP contribution >= 0.6 is 0 Å². The Morgan fingerprint density at radius 2 is 1.54 bits per heavy atom. The van der Waals surface area contributed by atoms with Gasteiger partial charge in [0, 0.05) is 31.2 Å². The maximum Gasteiger partial charge on any atom is 0.304 e. The molecule has 5 fully saturated rings. The average Bonchev–Trinajstić information content (AvgIpc) is 3.55. The lowest BCUT2D eigenvalue weighted by Crippen LogP contribution is -2.53. The van der Waals surface area contributed by atoms with Gasteiger partial charge in [-0.05, 0) is 69.5 Å². The fraction of sp³-hybridized carbons (Fsp3) is 0.758. The van der Waals surface area contributed by atoms with Gasteiger partial charge in [0.25, 0.3) is 0 Å². The summed E-state index contributed by atoms with van der Waals surface area (Å²) < 4.78 is 2.67. The van der Waals surface area contributed by atoms with Gasteiger partial charge < -0.3 is 9.67 Å². The van der Waals surface area contributed by atoms with Crippen LogP contribution < -0.4 is 0 Å². The predicted octanol–water partition coefficient (Wildman–Crippen LogP) is 7.35. The van der Waals surface area contributed by atoms with E-state index in [1.807, 2.05) is 0 Å². The number of carbonyl (C=O) groups is 1. The number of aliphatic carboxylic acids is 1. The average molecular weight is 535 g/mol. The van der Waals surface area contributed by atoms with Gasteiger partial charge in [0.15, 0.2) is 0 Å². The Bertz CT molecular complexity index is 1090. The molecule has 2 aliphatic carbocycles. The third kappa shape index (κ3) is 6.07. The van der Waals surface area contributed by atoms with E-state index in [1.54, 1.807) is 0 Å². The van der Waals surface area contributed by atoms with Crippen LogP contribution in [0.1, 0.15) is 127 Å². The fourth-order valence-corrected chi connectivity index (χ4v) is 8.66. The van der Waals surface area contributed by atoms with Crippen LogP contribution in [-0.2, 0) is 4.79 Å². The molecule has 3 aliphatic heterocycles. The Morgan fingerprint density at radius 3 is 2.33 bits per heavy atom. The number of benzene rings is 1. The minimum Gasteiger partial charge on any atom is -0.481 e. The van der Waals surface area contributed by atoms with Gasteiger partial charge >= 0.3 is 5.97 Å². The maximum atomic E-state index is 11.4. The van der Waals surface area contributed by atoms with E-state index >= 15 is 0 Å². The van der Waals surface area contributed by atoms with Gasteiger partial charge in [-0.25, -0.2) is 4.98 Å². The smallest absolute Gasteiger partial charge is 0.304 e. The van der Waals surface area contributed by atoms with Crippen molar-refractivity contribution in [3.05, 3.63) is 30.1 Å². The first kappa shape index (κ1) is 27.3. The molecule has 4 atom stereocenters. The molecule has 1 N–H and O–H groups in total. The van der Waals surface area contributed by atoms with Crippen molar-refractivity contribution in [1.82, 2.24) is 19.4 Å². The van der Waals surface area contributed by atoms with E-state index in [0.29, 0.717) is 24.5 Å². The van der Waals surface area contributed by atoms with Crippen molar-refractivity contribution in [1.29, 1.82) is 0 Å². The van der Waals surface area contributed by atoms with Crippen molar-refractivity contribution in [3.63, 3.8) is 0 Å². The Kier molecular flexibility index (Phi) is 8.89. The number of hydrogen-bond donors (Lipinski definition) is 1. The van der Waals surface area contributed by atoms with E-state index in [1.165, 1.54) is 108 Å². The largest absolute Gasteiger partial charge is 0.481 e. The van der Waals surface area contributed by atoms with Crippen LogP contribution in [-0.4, -0.2) is 62.1 Å². The quantitative estimate of drug-likeness (QED) is 0.420. The summed E-state index contributed by atoms with van der Waals surface area (Å²) in [7, 11) is 0. The number of rotatable bonds is 6. The summed E-state index contributed by atoms with van der Waals surface area (Å²) in [6.45, 7) is 2.85. The van der Waals surface area contributed by atoms with E-state index < -0.39 is 5.97 Å². The summed E-state index contributed by atoms with van der Waals surface area (Å²) in [6, 6.07) is 10.9. The van der Waals surface area contributed by atoms with E-state index in [2.05, 4.69) is 38.6 Å². The minimum absolute atomic E-state index is 0.210. The molecule has 2 aromatic rings. The molecule has 4 unspecified atom stereocenters. The molecular weight excluding hydrogens is 484 g/mol. The van der Waals surface area contributed by atoms with Gasteiger partial charge in [-0.3, -0.25) is 14.6 Å². The van der Waals surface area contributed by atoms with Gasteiger partial charge in [0.05, 0.1) is 23.5 Å². The molecule has 0 radical (unpaired) electrons. The molecular formula is C33H50N4O2. The molecule has 3 saturated heterocycles. The Labute approximate surface area is 235 Å². The third-order valence-electron chi connectivity index (χ3n) is 10.6. The van der Waals surface area contributed by atoms with Crippen molar-refractivity contribution in [3.8, 4) is 0 Å². The van der Waals surface area contributed by atoms with E-state index in [9.17, 15) is 9.90 Å². The zero-order chi connectivity index (χ0) is 26.6. The molecule has 0 amide bonds. The molecule has 1 aromatic heterocycles. The van der Waals surface area contributed by atoms with Gasteiger partial charge in [0.2, 0.25) is 0 Å². The number of piperidine rings is 1. The number of fused-ring (bicyclic) bond motifs is 6. The lowest BCUT2D eigenvalue weighted by atomic mass is 9.77. The summed E-state index contributed by atoms with van der Waals surface area (Å²) >= 11 is 0. The van der Waals surface area contributed by atoms with E-state index in [-0.39, 0.29) is 12.5 Å². The van der Waals surface area contributed by atoms with Crippen molar-refractivity contribution in [2.75, 3.05) is 19.6 Å². The molecule has 5 aliphatic rings. The molecule has 2 bridgehead atoms. The zero-order valence-electron chi connectivity index (χ0n) is 24.0. The first-order chi connectivity index (χ1) is 19.2. The summed E-state index contributed by atoms with van der Waals surface area (Å²) in [4.78, 5) is 22.1. The standard InChI is InChI=1S/C33H50N4O2/c38-32(39)20-22-35-21-12-19-30(35)33-34-28-17-10-11-18-29(28)37(33)31-23-27-16-9-8-13-25(31)24-36(27)26-14-6-4-2-1-3-5-7-15-26/h10-11,17-18,25-27,30-31H,1-9,12-16,19-24H2,(H,38,39). The van der Waals surface area contributed by atoms with Gasteiger partial charge in [-0.2, -0.15) is 0 Å². The predicted molar refractivity (Wildman–Crippen MR) is 157 cm³/mol. The monoisotopic (exact) mass is 534 g/mol. The van der Waals surface area contributed by atoms with Crippen molar-refractivity contribution >= 4 is 17.0 Å². The highest BCUT2D eigenvalue weighted by atomic mass is 16.4. The number of hydrogen-bond acceptors (Lipinski definition) is 4. The molecule has 4 heterocycles. The Balaban J connectivity index is 1.30. The number of nitrogens with zero attached hydrogens (tertiary/aromatic N) is 4. The summed E-state index contributed by atoms with van der Waals surface area (Å²) in [5.41, 5.74) is 2.40. The van der Waals surface area contributed by atoms with Crippen LogP contribution in [0.4, 0.5) is 0 Å². The number of likely N-dealkylation sites (tertiary alicyclic amines) is 1. The molecule has 39 heavy (non-hydrogen) atoms. The zero-order valence-corrected chi connectivity index (χ0v) is 24.0. The third-order valence-corrected chi connectivity index (χ3v) is 10.6. The van der Waals surface area contributed by atoms with E-state index in [0.717, 1.165) is 30.9 Å². The molecule has 2 saturated carbocycles. The highest BCUT2D eigenvalue weighted by Crippen LogP contribution is 2.45. The topological polar surface area (TPSA) is 61.6 Å². The SMILES string of the molecule is O=C(O)CCN1CCCC1c1nc2ccccc2n1C1CC2CCCCC1CN2C1CCCCCCCCC1. The fourth-order valence-electron chi connectivity index (χ4n) is 8.66. The van der Waals surface area contributed by atoms with Crippen molar-refractivity contribution in [2.24, 2.45) is 5.92 Å². The molecule has 214 valence electrons. The Morgan fingerprint density at radius 1 is 0.846 bits per heavy atom. The van der Waals surface area contributed by atoms with Crippen LogP contribution in [0.25, 0.3) is 11.0 Å². The highest BCUT2D eigenvalue weighted by Gasteiger charge is 2.42. The molecule has 0 spiro atoms. The summed E-state index contributed by atoms with van der Waals surface area (Å²) in [5, 5.41) is 9.38. The second-order valence-corrected chi connectivity index (χ2v) is 13.1. The maximum absolute atomic E-state index is 11.4. The Hall–Kier alpha value is -1.92. The first-order valence-electron chi connectivity index (χ1n) is 16.4. The summed E-state index contributed by atoms with van der Waals surface area (Å²) in [6.07, 6.45) is 21.8. The number of carboxylic acid groups (broad SMARTS) is 1. The first-order valence-corrected chi connectivity index (χ1v) is 16.4. The van der Waals surface area contributed by atoms with Crippen molar-refractivity contribution in [2.45, 2.75) is 133 Å². The second kappa shape index (κ2) is 12.7. The second-order valence-electron chi connectivity index (χ2n) is 13.1. The van der Waals surface area contributed by atoms with Crippen LogP contribution in [0, 0.1) is 5.92 Å². The van der Waals surface area contributed by atoms with Crippen LogP contribution in [0.5, 0.6) is 0 Å².